The van der Waals surface area contributed by atoms with Crippen molar-refractivity contribution in [2.45, 2.75) is 13.3 Å². The molecule has 0 unspecified atom stereocenters. The second kappa shape index (κ2) is 3.47. The van der Waals surface area contributed by atoms with Gasteiger partial charge < -0.3 is 5.11 Å². The predicted octanol–water partition coefficient (Wildman–Crippen LogP) is 2.03. The van der Waals surface area contributed by atoms with Crippen LogP contribution in [-0.2, 0) is 0 Å². The first-order valence-corrected chi connectivity index (χ1v) is 3.51. The molecule has 0 aliphatic rings. The Labute approximate surface area is 73.0 Å². The number of aromatic nitrogens is 1. The van der Waals surface area contributed by atoms with Crippen molar-refractivity contribution in [1.29, 1.82) is 0 Å². The molecule has 0 radical (unpaired) electrons. The molecule has 0 fully saturated rings. The number of aromatic carboxylic acids is 1. The molecule has 13 heavy (non-hydrogen) atoms. The standard InChI is InChI=1S/C8H7F2NO2/c1-4-5(7(9)10)2-3-11-6(4)8(12)13/h2-3,7H,1H3,(H,12,13). The molecule has 0 amide bonds. The van der Waals surface area contributed by atoms with Crippen molar-refractivity contribution in [2.75, 3.05) is 0 Å². The molecule has 70 valence electrons. The zero-order valence-corrected chi connectivity index (χ0v) is 6.79. The Kier molecular flexibility index (Phi) is 2.55. The van der Waals surface area contributed by atoms with E-state index >= 15 is 0 Å². The van der Waals surface area contributed by atoms with E-state index in [0.29, 0.717) is 0 Å². The molecule has 0 saturated carbocycles. The topological polar surface area (TPSA) is 50.2 Å². The number of carboxylic acids is 1. The highest BCUT2D eigenvalue weighted by molar-refractivity contribution is 5.87. The number of halogens is 2. The van der Waals surface area contributed by atoms with Crippen LogP contribution in [0.15, 0.2) is 12.3 Å². The molecule has 5 heteroatoms. The van der Waals surface area contributed by atoms with Gasteiger partial charge in [-0.3, -0.25) is 0 Å². The zero-order valence-electron chi connectivity index (χ0n) is 6.79. The number of rotatable bonds is 2. The summed E-state index contributed by atoms with van der Waals surface area (Å²) < 4.78 is 24.5. The molecule has 1 N–H and O–H groups in total. The summed E-state index contributed by atoms with van der Waals surface area (Å²) in [5.74, 6) is -1.29. The molecule has 1 rings (SSSR count). The summed E-state index contributed by atoms with van der Waals surface area (Å²) in [6, 6.07) is 1.12. The minimum atomic E-state index is -2.67. The van der Waals surface area contributed by atoms with Gasteiger partial charge in [-0.25, -0.2) is 18.6 Å². The lowest BCUT2D eigenvalue weighted by Gasteiger charge is -2.05. The van der Waals surface area contributed by atoms with Gasteiger partial charge in [0.1, 0.15) is 0 Å². The number of alkyl halides is 2. The van der Waals surface area contributed by atoms with Crippen LogP contribution in [0.4, 0.5) is 8.78 Å². The molecule has 0 saturated heterocycles. The van der Waals surface area contributed by atoms with Gasteiger partial charge in [0, 0.05) is 11.8 Å². The monoisotopic (exact) mass is 187 g/mol. The van der Waals surface area contributed by atoms with Crippen molar-refractivity contribution in [1.82, 2.24) is 4.98 Å². The van der Waals surface area contributed by atoms with Crippen LogP contribution in [0, 0.1) is 6.92 Å². The zero-order chi connectivity index (χ0) is 10.0. The second-order valence-corrected chi connectivity index (χ2v) is 2.48. The van der Waals surface area contributed by atoms with E-state index in [9.17, 15) is 13.6 Å². The lowest BCUT2D eigenvalue weighted by atomic mass is 10.1. The summed E-state index contributed by atoms with van der Waals surface area (Å²) in [4.78, 5) is 14.0. The van der Waals surface area contributed by atoms with Crippen LogP contribution in [0.5, 0.6) is 0 Å². The van der Waals surface area contributed by atoms with E-state index in [2.05, 4.69) is 4.98 Å². The molecular formula is C8H7F2NO2. The van der Waals surface area contributed by atoms with Crippen molar-refractivity contribution in [2.24, 2.45) is 0 Å². The third kappa shape index (κ3) is 1.80. The van der Waals surface area contributed by atoms with Crippen LogP contribution >= 0.6 is 0 Å². The minimum Gasteiger partial charge on any atom is -0.477 e. The lowest BCUT2D eigenvalue weighted by molar-refractivity contribution is 0.0689. The first-order valence-electron chi connectivity index (χ1n) is 3.51. The Morgan fingerprint density at radius 3 is 2.69 bits per heavy atom. The summed E-state index contributed by atoms with van der Waals surface area (Å²) in [5.41, 5.74) is -0.588. The Balaban J connectivity index is 3.26. The second-order valence-electron chi connectivity index (χ2n) is 2.48. The summed E-state index contributed by atoms with van der Waals surface area (Å²) in [7, 11) is 0. The molecule has 0 atom stereocenters. The molecule has 0 bridgehead atoms. The summed E-state index contributed by atoms with van der Waals surface area (Å²) >= 11 is 0. The molecule has 1 aromatic heterocycles. The summed E-state index contributed by atoms with van der Waals surface area (Å²) in [5, 5.41) is 8.56. The van der Waals surface area contributed by atoms with Gasteiger partial charge in [-0.1, -0.05) is 0 Å². The van der Waals surface area contributed by atoms with Gasteiger partial charge in [-0.2, -0.15) is 0 Å². The Morgan fingerprint density at radius 2 is 2.23 bits per heavy atom. The third-order valence-electron chi connectivity index (χ3n) is 1.68. The van der Waals surface area contributed by atoms with Gasteiger partial charge in [0.05, 0.1) is 0 Å². The summed E-state index contributed by atoms with van der Waals surface area (Å²) in [6.07, 6.45) is -1.60. The lowest BCUT2D eigenvalue weighted by Crippen LogP contribution is -2.05. The number of carboxylic acid groups (broad SMARTS) is 1. The van der Waals surface area contributed by atoms with Crippen molar-refractivity contribution in [3.8, 4) is 0 Å². The number of hydrogen-bond donors (Lipinski definition) is 1. The minimum absolute atomic E-state index is 0.0185. The highest BCUT2D eigenvalue weighted by Gasteiger charge is 2.16. The van der Waals surface area contributed by atoms with Gasteiger partial charge in [-0.15, -0.1) is 0 Å². The molecule has 3 nitrogen and oxygen atoms in total. The van der Waals surface area contributed by atoms with Gasteiger partial charge in [0.2, 0.25) is 0 Å². The Hall–Kier alpha value is -1.52. The first kappa shape index (κ1) is 9.57. The van der Waals surface area contributed by atoms with Crippen molar-refractivity contribution in [3.63, 3.8) is 0 Å². The first-order chi connectivity index (χ1) is 6.04. The SMILES string of the molecule is Cc1c(C(F)F)ccnc1C(=O)O. The number of pyridine rings is 1. The molecule has 1 heterocycles. The van der Waals surface area contributed by atoms with Gasteiger partial charge in [-0.05, 0) is 18.6 Å². The van der Waals surface area contributed by atoms with Crippen LogP contribution in [0.1, 0.15) is 28.0 Å². The quantitative estimate of drug-likeness (QED) is 0.770. The normalized spacial score (nSPS) is 10.5. The van der Waals surface area contributed by atoms with Crippen LogP contribution in [0.3, 0.4) is 0 Å². The number of nitrogens with zero attached hydrogens (tertiary/aromatic N) is 1. The van der Waals surface area contributed by atoms with Crippen molar-refractivity contribution < 1.29 is 18.7 Å². The van der Waals surface area contributed by atoms with E-state index < -0.39 is 12.4 Å². The largest absolute Gasteiger partial charge is 0.477 e. The van der Waals surface area contributed by atoms with Gasteiger partial charge in [0.15, 0.2) is 5.69 Å². The van der Waals surface area contributed by atoms with Crippen LogP contribution in [0.2, 0.25) is 0 Å². The maximum Gasteiger partial charge on any atom is 0.354 e. The van der Waals surface area contributed by atoms with E-state index in [4.69, 9.17) is 5.11 Å². The van der Waals surface area contributed by atoms with Crippen LogP contribution < -0.4 is 0 Å². The Bertz CT molecular complexity index is 339. The van der Waals surface area contributed by atoms with E-state index in [1.165, 1.54) is 6.92 Å². The van der Waals surface area contributed by atoms with E-state index in [1.807, 2.05) is 0 Å². The van der Waals surface area contributed by atoms with E-state index in [1.54, 1.807) is 0 Å². The average Bonchev–Trinajstić information content (AvgIpc) is 2.03. The fourth-order valence-corrected chi connectivity index (χ4v) is 1.00. The maximum atomic E-state index is 12.3. The van der Waals surface area contributed by atoms with E-state index in [0.717, 1.165) is 12.3 Å². The maximum absolute atomic E-state index is 12.3. The van der Waals surface area contributed by atoms with E-state index in [-0.39, 0.29) is 16.8 Å². The van der Waals surface area contributed by atoms with Crippen LogP contribution in [-0.4, -0.2) is 16.1 Å². The molecule has 0 aliphatic heterocycles. The molecule has 0 spiro atoms. The summed E-state index contributed by atoms with van der Waals surface area (Å²) in [6.45, 7) is 1.32. The van der Waals surface area contributed by atoms with Gasteiger partial charge >= 0.3 is 5.97 Å². The van der Waals surface area contributed by atoms with Crippen molar-refractivity contribution >= 4 is 5.97 Å². The fraction of sp³-hybridized carbons (Fsp3) is 0.250. The highest BCUT2D eigenvalue weighted by Crippen LogP contribution is 2.23. The van der Waals surface area contributed by atoms with Crippen LogP contribution in [0.25, 0.3) is 0 Å². The predicted molar refractivity (Wildman–Crippen MR) is 40.9 cm³/mol. The Morgan fingerprint density at radius 1 is 1.62 bits per heavy atom. The molecule has 0 aromatic carbocycles. The third-order valence-corrected chi connectivity index (χ3v) is 1.68. The fourth-order valence-electron chi connectivity index (χ4n) is 1.00. The number of carbonyl (C=O) groups is 1. The number of hydrogen-bond acceptors (Lipinski definition) is 2. The molecule has 0 aliphatic carbocycles. The van der Waals surface area contributed by atoms with Gasteiger partial charge in [0.25, 0.3) is 6.43 Å². The molecule has 1 aromatic rings. The average molecular weight is 187 g/mol. The highest BCUT2D eigenvalue weighted by atomic mass is 19.3. The smallest absolute Gasteiger partial charge is 0.354 e. The molecular weight excluding hydrogens is 180 g/mol. The van der Waals surface area contributed by atoms with Crippen molar-refractivity contribution in [3.05, 3.63) is 29.1 Å².